The molecule has 2 amide bonds. The molecule has 2 aromatic rings. The highest BCUT2D eigenvalue weighted by Gasteiger charge is 2.13. The zero-order chi connectivity index (χ0) is 21.6. The summed E-state index contributed by atoms with van der Waals surface area (Å²) in [5, 5.41) is 6.03. The lowest BCUT2D eigenvalue weighted by Crippen LogP contribution is -2.22. The van der Waals surface area contributed by atoms with E-state index in [2.05, 4.69) is 26.6 Å². The molecule has 0 aliphatic rings. The van der Waals surface area contributed by atoms with E-state index in [1.807, 2.05) is 26.0 Å². The van der Waals surface area contributed by atoms with Crippen molar-refractivity contribution >= 4 is 68.3 Å². The number of nitrogens with one attached hydrogen (secondary N) is 2. The van der Waals surface area contributed by atoms with E-state index in [-0.39, 0.29) is 12.8 Å². The number of anilines is 2. The maximum atomic E-state index is 12.0. The number of hydrogen-bond donors (Lipinski definition) is 2. The second-order valence-electron chi connectivity index (χ2n) is 6.30. The highest BCUT2D eigenvalue weighted by molar-refractivity contribution is 9.10. The molecule has 9 heteroatoms. The highest BCUT2D eigenvalue weighted by atomic mass is 79.9. The first-order valence-electron chi connectivity index (χ1n) is 8.63. The topological polar surface area (TPSA) is 84.5 Å². The Morgan fingerprint density at radius 2 is 1.62 bits per heavy atom. The zero-order valence-electron chi connectivity index (χ0n) is 15.8. The minimum Gasteiger partial charge on any atom is -0.456 e. The van der Waals surface area contributed by atoms with Crippen molar-refractivity contribution in [3.63, 3.8) is 0 Å². The minimum absolute atomic E-state index is 0.117. The van der Waals surface area contributed by atoms with Gasteiger partial charge in [0.05, 0.1) is 17.1 Å². The van der Waals surface area contributed by atoms with Crippen LogP contribution in [0, 0.1) is 13.8 Å². The van der Waals surface area contributed by atoms with Gasteiger partial charge in [-0.25, -0.2) is 0 Å². The van der Waals surface area contributed by atoms with Crippen LogP contribution in [0.15, 0.2) is 34.8 Å². The van der Waals surface area contributed by atoms with Gasteiger partial charge in [-0.05, 0) is 55.3 Å². The first kappa shape index (κ1) is 23.2. The number of benzene rings is 2. The van der Waals surface area contributed by atoms with Crippen molar-refractivity contribution in [2.45, 2.75) is 26.7 Å². The van der Waals surface area contributed by atoms with Crippen LogP contribution in [0.3, 0.4) is 0 Å². The first-order chi connectivity index (χ1) is 13.7. The van der Waals surface area contributed by atoms with Crippen LogP contribution in [0.4, 0.5) is 11.4 Å². The Morgan fingerprint density at radius 1 is 0.931 bits per heavy atom. The molecule has 0 radical (unpaired) electrons. The predicted molar refractivity (Wildman–Crippen MR) is 118 cm³/mol. The van der Waals surface area contributed by atoms with Gasteiger partial charge in [-0.1, -0.05) is 39.1 Å². The highest BCUT2D eigenvalue weighted by Crippen LogP contribution is 2.26. The molecular weight excluding hydrogens is 483 g/mol. The van der Waals surface area contributed by atoms with Crippen LogP contribution in [0.5, 0.6) is 0 Å². The summed E-state index contributed by atoms with van der Waals surface area (Å²) in [5.74, 6) is -1.54. The van der Waals surface area contributed by atoms with E-state index in [1.165, 1.54) is 6.07 Å². The number of esters is 1. The quantitative estimate of drug-likeness (QED) is 0.506. The molecule has 154 valence electrons. The summed E-state index contributed by atoms with van der Waals surface area (Å²) in [6, 6.07) is 8.38. The Kier molecular flexibility index (Phi) is 8.49. The van der Waals surface area contributed by atoms with Gasteiger partial charge in [0.1, 0.15) is 0 Å². The summed E-state index contributed by atoms with van der Waals surface area (Å²) < 4.78 is 5.87. The summed E-state index contributed by atoms with van der Waals surface area (Å²) in [4.78, 5) is 35.8. The lowest BCUT2D eigenvalue weighted by atomic mass is 10.1. The Hall–Kier alpha value is -2.09. The molecule has 6 nitrogen and oxygen atoms in total. The molecule has 29 heavy (non-hydrogen) atoms. The van der Waals surface area contributed by atoms with E-state index in [4.69, 9.17) is 27.9 Å². The monoisotopic (exact) mass is 500 g/mol. The Labute approximate surface area is 187 Å². The molecule has 0 aliphatic carbocycles. The molecule has 2 aromatic carbocycles. The average Bonchev–Trinajstić information content (AvgIpc) is 2.65. The molecule has 0 bridgehead atoms. The number of rotatable bonds is 7. The van der Waals surface area contributed by atoms with Crippen LogP contribution < -0.4 is 10.6 Å². The van der Waals surface area contributed by atoms with Crippen LogP contribution in [0.2, 0.25) is 10.0 Å². The summed E-state index contributed by atoms with van der Waals surface area (Å²) >= 11 is 15.3. The number of amides is 2. The third-order valence-corrected chi connectivity index (χ3v) is 5.32. The molecule has 0 fully saturated rings. The third kappa shape index (κ3) is 7.34. The van der Waals surface area contributed by atoms with Gasteiger partial charge in [-0.3, -0.25) is 14.4 Å². The summed E-state index contributed by atoms with van der Waals surface area (Å²) in [6.45, 7) is 3.33. The van der Waals surface area contributed by atoms with E-state index in [0.717, 1.165) is 15.6 Å². The van der Waals surface area contributed by atoms with Crippen molar-refractivity contribution in [2.75, 3.05) is 17.2 Å². The molecule has 2 rings (SSSR count). The molecule has 0 atom stereocenters. The van der Waals surface area contributed by atoms with Gasteiger partial charge in [0.15, 0.2) is 6.61 Å². The van der Waals surface area contributed by atoms with E-state index in [0.29, 0.717) is 21.4 Å². The number of carbonyl (C=O) groups is 3. The number of hydrogen-bond acceptors (Lipinski definition) is 4. The van der Waals surface area contributed by atoms with Crippen molar-refractivity contribution in [1.82, 2.24) is 0 Å². The smallest absolute Gasteiger partial charge is 0.306 e. The molecule has 0 heterocycles. The Morgan fingerprint density at radius 3 is 2.34 bits per heavy atom. The molecule has 0 saturated carbocycles. The molecule has 2 N–H and O–H groups in total. The fraction of sp³-hybridized carbons (Fsp3) is 0.250. The maximum absolute atomic E-state index is 12.0. The summed E-state index contributed by atoms with van der Waals surface area (Å²) in [5.41, 5.74) is 2.84. The standard InChI is InChI=1S/C20H19BrCl2N2O4/c1-11-8-16(12(2)7-14(11)21)24-19(27)10-29-20(28)6-5-18(26)25-17-9-13(22)3-4-15(17)23/h3-4,7-9H,5-6,10H2,1-2H3,(H,24,27)(H,25,26). The molecule has 0 unspecified atom stereocenters. The lowest BCUT2D eigenvalue weighted by Gasteiger charge is -2.11. The number of aryl methyl sites for hydroxylation is 2. The van der Waals surface area contributed by atoms with Crippen molar-refractivity contribution in [2.24, 2.45) is 0 Å². The third-order valence-electron chi connectivity index (χ3n) is 3.90. The van der Waals surface area contributed by atoms with Gasteiger partial charge < -0.3 is 15.4 Å². The SMILES string of the molecule is Cc1cc(NC(=O)COC(=O)CCC(=O)Nc2cc(Cl)ccc2Cl)c(C)cc1Br. The van der Waals surface area contributed by atoms with Crippen molar-refractivity contribution in [3.8, 4) is 0 Å². The van der Waals surface area contributed by atoms with Gasteiger partial charge in [-0.15, -0.1) is 0 Å². The number of carbonyl (C=O) groups excluding carboxylic acids is 3. The van der Waals surface area contributed by atoms with Gasteiger partial charge in [0, 0.05) is 21.6 Å². The fourth-order valence-corrected chi connectivity index (χ4v) is 3.14. The van der Waals surface area contributed by atoms with E-state index in [9.17, 15) is 14.4 Å². The summed E-state index contributed by atoms with van der Waals surface area (Å²) in [7, 11) is 0. The molecule has 0 saturated heterocycles. The normalized spacial score (nSPS) is 10.4. The van der Waals surface area contributed by atoms with Crippen LogP contribution in [-0.4, -0.2) is 24.4 Å². The molecule has 0 aromatic heterocycles. The van der Waals surface area contributed by atoms with Crippen LogP contribution >= 0.6 is 39.1 Å². The predicted octanol–water partition coefficient (Wildman–Crippen LogP) is 5.27. The lowest BCUT2D eigenvalue weighted by molar-refractivity contribution is -0.147. The van der Waals surface area contributed by atoms with E-state index < -0.39 is 24.4 Å². The second kappa shape index (κ2) is 10.6. The van der Waals surface area contributed by atoms with Crippen LogP contribution in [-0.2, 0) is 19.1 Å². The van der Waals surface area contributed by atoms with Gasteiger partial charge in [0.2, 0.25) is 5.91 Å². The molecule has 0 aliphatic heterocycles. The van der Waals surface area contributed by atoms with Crippen molar-refractivity contribution in [1.29, 1.82) is 0 Å². The zero-order valence-corrected chi connectivity index (χ0v) is 18.9. The minimum atomic E-state index is -0.656. The first-order valence-corrected chi connectivity index (χ1v) is 10.2. The van der Waals surface area contributed by atoms with Crippen LogP contribution in [0.1, 0.15) is 24.0 Å². The fourth-order valence-electron chi connectivity index (χ4n) is 2.34. The summed E-state index contributed by atoms with van der Waals surface area (Å²) in [6.07, 6.45) is -0.290. The average molecular weight is 502 g/mol. The van der Waals surface area contributed by atoms with Gasteiger partial charge in [-0.2, -0.15) is 0 Å². The Balaban J connectivity index is 1.76. The Bertz CT molecular complexity index is 950. The number of ether oxygens (including phenoxy) is 1. The van der Waals surface area contributed by atoms with E-state index in [1.54, 1.807) is 12.1 Å². The van der Waals surface area contributed by atoms with Crippen molar-refractivity contribution < 1.29 is 19.1 Å². The second-order valence-corrected chi connectivity index (χ2v) is 8.00. The van der Waals surface area contributed by atoms with Gasteiger partial charge >= 0.3 is 5.97 Å². The van der Waals surface area contributed by atoms with Gasteiger partial charge in [0.25, 0.3) is 5.91 Å². The van der Waals surface area contributed by atoms with E-state index >= 15 is 0 Å². The number of halogens is 3. The van der Waals surface area contributed by atoms with Crippen LogP contribution in [0.25, 0.3) is 0 Å². The maximum Gasteiger partial charge on any atom is 0.306 e. The van der Waals surface area contributed by atoms with Crippen molar-refractivity contribution in [3.05, 3.63) is 56.0 Å². The molecule has 0 spiro atoms. The molecular formula is C20H19BrCl2N2O4. The largest absolute Gasteiger partial charge is 0.456 e.